The number of nitriles is 2. The third-order valence-electron chi connectivity index (χ3n) is 5.28. The predicted molar refractivity (Wildman–Crippen MR) is 114 cm³/mol. The van der Waals surface area contributed by atoms with Crippen molar-refractivity contribution < 1.29 is 4.21 Å². The summed E-state index contributed by atoms with van der Waals surface area (Å²) in [5.41, 5.74) is 3.06. The number of hydrogen-bond donors (Lipinski definition) is 2. The molecule has 2 aromatic heterocycles. The zero-order valence-electron chi connectivity index (χ0n) is 15.9. The number of nitrogens with one attached hydrogen (secondary N) is 2. The first-order valence-corrected chi connectivity index (χ1v) is 11.3. The summed E-state index contributed by atoms with van der Waals surface area (Å²) >= 11 is 1.48. The van der Waals surface area contributed by atoms with E-state index in [0.717, 1.165) is 47.4 Å². The van der Waals surface area contributed by atoms with Gasteiger partial charge in [0.15, 0.2) is 11.0 Å². The number of aryl methyl sites for hydroxylation is 1. The third kappa shape index (κ3) is 3.90. The highest BCUT2D eigenvalue weighted by Crippen LogP contribution is 2.33. The Morgan fingerprint density at radius 1 is 1.38 bits per heavy atom. The fourth-order valence-corrected chi connectivity index (χ4v) is 5.85. The lowest BCUT2D eigenvalue weighted by Crippen LogP contribution is -2.33. The quantitative estimate of drug-likeness (QED) is 0.608. The molecule has 148 valence electrons. The number of rotatable bonds is 5. The smallest absolute Gasteiger partial charge is 0.162 e. The molecule has 4 rings (SSSR count). The van der Waals surface area contributed by atoms with E-state index in [1.165, 1.54) is 11.3 Å². The zero-order chi connectivity index (χ0) is 20.4. The molecule has 2 N–H and O–H groups in total. The molecule has 3 aromatic rings. The zero-order valence-corrected chi connectivity index (χ0v) is 17.6. The van der Waals surface area contributed by atoms with E-state index in [-0.39, 0.29) is 0 Å². The standard InChI is InChI=1S/C20H20N6OS2/c1-13-2-3-16(19-18(13)15(10-22)11-23-19)25-29(27)17-12-24-20(28-17)14-4-7-26(8-5-14)9-6-21/h2-3,11-12,14,23,25H,4-5,7-9H2,1H3. The first kappa shape index (κ1) is 19.6. The molecule has 1 atom stereocenters. The highest BCUT2D eigenvalue weighted by atomic mass is 32.2. The van der Waals surface area contributed by atoms with E-state index in [0.29, 0.717) is 27.9 Å². The molecule has 0 aliphatic carbocycles. The lowest BCUT2D eigenvalue weighted by Gasteiger charge is -2.28. The monoisotopic (exact) mass is 424 g/mol. The average Bonchev–Trinajstić information content (AvgIpc) is 3.39. The van der Waals surface area contributed by atoms with Gasteiger partial charge in [0, 0.05) is 17.5 Å². The van der Waals surface area contributed by atoms with Crippen LogP contribution in [0.1, 0.15) is 34.9 Å². The molecular formula is C20H20N6OS2. The van der Waals surface area contributed by atoms with E-state index in [1.807, 2.05) is 19.1 Å². The largest absolute Gasteiger partial charge is 0.358 e. The van der Waals surface area contributed by atoms with Crippen molar-refractivity contribution in [1.29, 1.82) is 10.5 Å². The number of anilines is 1. The molecule has 0 radical (unpaired) electrons. The topological polar surface area (TPSA) is 109 Å². The number of H-pyrrole nitrogens is 1. The number of nitrogens with zero attached hydrogens (tertiary/aromatic N) is 4. The number of aromatic nitrogens is 2. The third-order valence-corrected chi connectivity index (χ3v) is 7.82. The number of piperidine rings is 1. The molecule has 1 aromatic carbocycles. The molecule has 0 amide bonds. The van der Waals surface area contributed by atoms with Crippen molar-refractivity contribution in [2.24, 2.45) is 0 Å². The minimum atomic E-state index is -1.43. The molecule has 1 aliphatic heterocycles. The maximum absolute atomic E-state index is 12.9. The minimum Gasteiger partial charge on any atom is -0.358 e. The molecule has 0 spiro atoms. The Kier molecular flexibility index (Phi) is 5.63. The Bertz CT molecular complexity index is 1140. The van der Waals surface area contributed by atoms with Crippen LogP contribution in [0, 0.1) is 29.6 Å². The highest BCUT2D eigenvalue weighted by Gasteiger charge is 2.24. The summed E-state index contributed by atoms with van der Waals surface area (Å²) in [6, 6.07) is 8.18. The predicted octanol–water partition coefficient (Wildman–Crippen LogP) is 3.64. The van der Waals surface area contributed by atoms with Crippen molar-refractivity contribution in [3.05, 3.63) is 40.7 Å². The summed E-state index contributed by atoms with van der Waals surface area (Å²) in [6.45, 7) is 4.21. The Morgan fingerprint density at radius 3 is 2.90 bits per heavy atom. The van der Waals surface area contributed by atoms with Crippen molar-refractivity contribution in [1.82, 2.24) is 14.9 Å². The van der Waals surface area contributed by atoms with Crippen molar-refractivity contribution in [3.8, 4) is 12.1 Å². The van der Waals surface area contributed by atoms with Gasteiger partial charge in [0.1, 0.15) is 10.3 Å². The van der Waals surface area contributed by atoms with Gasteiger partial charge >= 0.3 is 0 Å². The van der Waals surface area contributed by atoms with Crippen LogP contribution in [0.2, 0.25) is 0 Å². The van der Waals surface area contributed by atoms with Gasteiger partial charge in [-0.1, -0.05) is 6.07 Å². The Labute approximate surface area is 175 Å². The summed E-state index contributed by atoms with van der Waals surface area (Å²) < 4.78 is 16.6. The SMILES string of the molecule is Cc1ccc(NS(=O)c2cnc(C3CCN(CC#N)CC3)s2)c2[nH]cc(C#N)c12. The molecule has 29 heavy (non-hydrogen) atoms. The van der Waals surface area contributed by atoms with Crippen LogP contribution in [0.15, 0.2) is 28.7 Å². The van der Waals surface area contributed by atoms with Gasteiger partial charge in [-0.25, -0.2) is 9.19 Å². The molecule has 7 nitrogen and oxygen atoms in total. The second-order valence-corrected chi connectivity index (χ2v) is 9.59. The van der Waals surface area contributed by atoms with Crippen LogP contribution in [-0.4, -0.2) is 38.7 Å². The fraction of sp³-hybridized carbons (Fsp3) is 0.350. The second-order valence-electron chi connectivity index (χ2n) is 7.09. The van der Waals surface area contributed by atoms with Gasteiger partial charge < -0.3 is 4.98 Å². The number of likely N-dealkylation sites (tertiary alicyclic amines) is 1. The molecule has 9 heteroatoms. The van der Waals surface area contributed by atoms with Crippen LogP contribution in [0.25, 0.3) is 10.9 Å². The highest BCUT2D eigenvalue weighted by molar-refractivity contribution is 7.88. The molecule has 1 saturated heterocycles. The molecule has 0 saturated carbocycles. The van der Waals surface area contributed by atoms with Crippen molar-refractivity contribution >= 4 is 38.9 Å². The number of fused-ring (bicyclic) bond motifs is 1. The molecule has 1 aliphatic rings. The number of thiazole rings is 1. The van der Waals surface area contributed by atoms with E-state index < -0.39 is 11.0 Å². The van der Waals surface area contributed by atoms with Crippen LogP contribution in [0.5, 0.6) is 0 Å². The van der Waals surface area contributed by atoms with Gasteiger partial charge in [-0.15, -0.1) is 11.3 Å². The van der Waals surface area contributed by atoms with Crippen molar-refractivity contribution in [2.45, 2.75) is 29.9 Å². The normalized spacial score (nSPS) is 16.4. The van der Waals surface area contributed by atoms with Crippen molar-refractivity contribution in [2.75, 3.05) is 24.4 Å². The second kappa shape index (κ2) is 8.34. The Morgan fingerprint density at radius 2 is 2.17 bits per heavy atom. The summed E-state index contributed by atoms with van der Waals surface area (Å²) in [5.74, 6) is 0.355. The first-order valence-electron chi connectivity index (χ1n) is 9.35. The van der Waals surface area contributed by atoms with E-state index in [2.05, 4.69) is 31.7 Å². The molecule has 1 fully saturated rings. The van der Waals surface area contributed by atoms with Crippen LogP contribution in [0.3, 0.4) is 0 Å². The van der Waals surface area contributed by atoms with Gasteiger partial charge in [-0.2, -0.15) is 10.5 Å². The molecule has 0 bridgehead atoms. The maximum Gasteiger partial charge on any atom is 0.162 e. The minimum absolute atomic E-state index is 0.355. The summed E-state index contributed by atoms with van der Waals surface area (Å²) in [4.78, 5) is 9.79. The van der Waals surface area contributed by atoms with Crippen LogP contribution in [-0.2, 0) is 11.0 Å². The van der Waals surface area contributed by atoms with Crippen LogP contribution < -0.4 is 4.72 Å². The van der Waals surface area contributed by atoms with Gasteiger partial charge in [-0.3, -0.25) is 9.62 Å². The van der Waals surface area contributed by atoms with Gasteiger partial charge in [-0.05, 0) is 44.5 Å². The maximum atomic E-state index is 12.9. The van der Waals surface area contributed by atoms with E-state index in [1.54, 1.807) is 12.4 Å². The summed E-state index contributed by atoms with van der Waals surface area (Å²) in [7, 11) is -1.43. The summed E-state index contributed by atoms with van der Waals surface area (Å²) in [6.07, 6.45) is 5.29. The van der Waals surface area contributed by atoms with Crippen LogP contribution in [0.4, 0.5) is 5.69 Å². The van der Waals surface area contributed by atoms with E-state index >= 15 is 0 Å². The lowest BCUT2D eigenvalue weighted by atomic mass is 9.98. The fourth-order valence-electron chi connectivity index (χ4n) is 3.73. The lowest BCUT2D eigenvalue weighted by molar-refractivity contribution is 0.235. The van der Waals surface area contributed by atoms with E-state index in [9.17, 15) is 9.47 Å². The molecule has 1 unspecified atom stereocenters. The number of aromatic amines is 1. The van der Waals surface area contributed by atoms with Crippen molar-refractivity contribution in [3.63, 3.8) is 0 Å². The number of benzene rings is 1. The molecular weight excluding hydrogens is 404 g/mol. The Balaban J connectivity index is 1.49. The van der Waals surface area contributed by atoms with Crippen LogP contribution >= 0.6 is 11.3 Å². The van der Waals surface area contributed by atoms with Gasteiger partial charge in [0.25, 0.3) is 0 Å². The van der Waals surface area contributed by atoms with Gasteiger partial charge in [0.05, 0.1) is 40.6 Å². The summed E-state index contributed by atoms with van der Waals surface area (Å²) in [5, 5.41) is 20.0. The average molecular weight is 425 g/mol. The van der Waals surface area contributed by atoms with Gasteiger partial charge in [0.2, 0.25) is 0 Å². The van der Waals surface area contributed by atoms with E-state index in [4.69, 9.17) is 5.26 Å². The Hall–Kier alpha value is -2.72. The molecule has 3 heterocycles. The first-order chi connectivity index (χ1) is 14.1. The number of hydrogen-bond acceptors (Lipinski definition) is 6.